The normalized spacial score (nSPS) is 14.1. The fraction of sp³-hybridized carbons (Fsp3) is 0.636. The Balaban J connectivity index is 2.61. The van der Waals surface area contributed by atoms with Crippen LogP contribution in [0.25, 0.3) is 0 Å². The lowest BCUT2D eigenvalue weighted by Crippen LogP contribution is -2.32. The molecule has 0 aliphatic rings. The highest BCUT2D eigenvalue weighted by atomic mass is 32.2. The molecule has 0 amide bonds. The Kier molecular flexibility index (Phi) is 4.97. The molecule has 1 rings (SSSR count). The zero-order valence-electron chi connectivity index (χ0n) is 10.4. The Morgan fingerprint density at radius 2 is 2.00 bits per heavy atom. The number of rotatable bonds is 6. The largest absolute Gasteiger partial charge is 0.398 e. The first kappa shape index (κ1) is 14.5. The molecule has 1 heterocycles. The highest BCUT2D eigenvalue weighted by Gasteiger charge is 2.19. The number of anilines is 1. The van der Waals surface area contributed by atoms with Gasteiger partial charge in [0.15, 0.2) is 0 Å². The predicted molar refractivity (Wildman–Crippen MR) is 72.6 cm³/mol. The van der Waals surface area contributed by atoms with E-state index in [1.807, 2.05) is 6.92 Å². The van der Waals surface area contributed by atoms with Crippen molar-refractivity contribution in [1.82, 2.24) is 4.72 Å². The molecule has 1 unspecified atom stereocenters. The van der Waals surface area contributed by atoms with Crippen LogP contribution in [0.15, 0.2) is 15.7 Å². The van der Waals surface area contributed by atoms with Crippen LogP contribution in [-0.4, -0.2) is 14.5 Å². The zero-order valence-corrected chi connectivity index (χ0v) is 12.1. The van der Waals surface area contributed by atoms with Gasteiger partial charge in [-0.1, -0.05) is 13.8 Å². The summed E-state index contributed by atoms with van der Waals surface area (Å²) in [6.45, 7) is 6.14. The van der Waals surface area contributed by atoms with Gasteiger partial charge in [0.05, 0.1) is 0 Å². The third-order valence-electron chi connectivity index (χ3n) is 2.39. The van der Waals surface area contributed by atoms with Gasteiger partial charge in [-0.3, -0.25) is 0 Å². The van der Waals surface area contributed by atoms with Crippen LogP contribution in [0.3, 0.4) is 0 Å². The van der Waals surface area contributed by atoms with E-state index in [4.69, 9.17) is 5.73 Å². The van der Waals surface area contributed by atoms with Crippen LogP contribution in [0.2, 0.25) is 0 Å². The summed E-state index contributed by atoms with van der Waals surface area (Å²) < 4.78 is 26.8. The van der Waals surface area contributed by atoms with E-state index < -0.39 is 10.0 Å². The van der Waals surface area contributed by atoms with Crippen molar-refractivity contribution in [3.63, 3.8) is 0 Å². The van der Waals surface area contributed by atoms with Crippen LogP contribution in [-0.2, 0) is 10.0 Å². The van der Waals surface area contributed by atoms with Crippen LogP contribution in [0.5, 0.6) is 0 Å². The number of nitrogens with two attached hydrogens (primary N) is 1. The molecule has 1 aromatic heterocycles. The molecule has 3 N–H and O–H groups in total. The van der Waals surface area contributed by atoms with Crippen molar-refractivity contribution >= 4 is 27.0 Å². The average molecular weight is 276 g/mol. The Morgan fingerprint density at radius 1 is 1.35 bits per heavy atom. The molecule has 0 saturated carbocycles. The summed E-state index contributed by atoms with van der Waals surface area (Å²) in [7, 11) is -3.40. The summed E-state index contributed by atoms with van der Waals surface area (Å²) in [5, 5.41) is 1.63. The minimum Gasteiger partial charge on any atom is -0.398 e. The Morgan fingerprint density at radius 3 is 2.47 bits per heavy atom. The number of hydrogen-bond donors (Lipinski definition) is 2. The standard InChI is InChI=1S/C11H20N2O2S2/c1-8(2)4-5-9(3)13-17(14,15)11-6-10(12)7-16-11/h6-9,13H,4-5,12H2,1-3H3. The van der Waals surface area contributed by atoms with E-state index >= 15 is 0 Å². The molecule has 0 aromatic carbocycles. The monoisotopic (exact) mass is 276 g/mol. The molecule has 0 spiro atoms. The van der Waals surface area contributed by atoms with Crippen molar-refractivity contribution in [2.75, 3.05) is 5.73 Å². The number of hydrogen-bond acceptors (Lipinski definition) is 4. The van der Waals surface area contributed by atoms with Gasteiger partial charge in [0.1, 0.15) is 4.21 Å². The summed E-state index contributed by atoms with van der Waals surface area (Å²) in [5.41, 5.74) is 6.01. The summed E-state index contributed by atoms with van der Waals surface area (Å²) in [6, 6.07) is 1.44. The summed E-state index contributed by atoms with van der Waals surface area (Å²) >= 11 is 1.15. The van der Waals surface area contributed by atoms with E-state index in [-0.39, 0.29) is 10.3 Å². The number of nitrogens with one attached hydrogen (secondary N) is 1. The van der Waals surface area contributed by atoms with E-state index in [1.165, 1.54) is 6.07 Å². The van der Waals surface area contributed by atoms with Gasteiger partial charge in [0.25, 0.3) is 0 Å². The summed E-state index contributed by atoms with van der Waals surface area (Å²) in [4.78, 5) is 0. The van der Waals surface area contributed by atoms with Crippen molar-refractivity contribution in [2.24, 2.45) is 5.92 Å². The Labute approximate surface area is 107 Å². The zero-order chi connectivity index (χ0) is 13.1. The van der Waals surface area contributed by atoms with Gasteiger partial charge in [-0.15, -0.1) is 11.3 Å². The van der Waals surface area contributed by atoms with Crippen molar-refractivity contribution in [3.8, 4) is 0 Å². The lowest BCUT2D eigenvalue weighted by atomic mass is 10.1. The van der Waals surface area contributed by atoms with Crippen LogP contribution >= 0.6 is 11.3 Å². The van der Waals surface area contributed by atoms with Gasteiger partial charge in [-0.05, 0) is 31.7 Å². The molecule has 0 saturated heterocycles. The molecule has 6 heteroatoms. The van der Waals surface area contributed by atoms with E-state index in [0.29, 0.717) is 11.6 Å². The molecular formula is C11H20N2O2S2. The van der Waals surface area contributed by atoms with E-state index in [2.05, 4.69) is 18.6 Å². The van der Waals surface area contributed by atoms with Gasteiger partial charge >= 0.3 is 0 Å². The number of nitrogen functional groups attached to an aromatic ring is 1. The molecule has 1 atom stereocenters. The second-order valence-corrected chi connectivity index (χ2v) is 7.54. The lowest BCUT2D eigenvalue weighted by Gasteiger charge is -2.14. The molecule has 1 aromatic rings. The molecule has 0 fully saturated rings. The molecule has 4 nitrogen and oxygen atoms in total. The molecule has 17 heavy (non-hydrogen) atoms. The maximum atomic E-state index is 11.9. The molecule has 0 bridgehead atoms. The number of sulfonamides is 1. The maximum absolute atomic E-state index is 11.9. The smallest absolute Gasteiger partial charge is 0.250 e. The Bertz CT molecular complexity index is 452. The van der Waals surface area contributed by atoms with Crippen molar-refractivity contribution in [1.29, 1.82) is 0 Å². The molecule has 0 aliphatic carbocycles. The second-order valence-electron chi connectivity index (χ2n) is 4.69. The van der Waals surface area contributed by atoms with E-state index in [9.17, 15) is 8.42 Å². The number of thiophene rings is 1. The molecule has 0 radical (unpaired) electrons. The molecule has 98 valence electrons. The molecular weight excluding hydrogens is 256 g/mol. The fourth-order valence-corrected chi connectivity index (χ4v) is 3.81. The van der Waals surface area contributed by atoms with Gasteiger partial charge in [0.2, 0.25) is 10.0 Å². The predicted octanol–water partition coefficient (Wildman–Crippen LogP) is 2.43. The highest BCUT2D eigenvalue weighted by molar-refractivity contribution is 7.91. The average Bonchev–Trinajstić information content (AvgIpc) is 2.62. The van der Waals surface area contributed by atoms with Crippen molar-refractivity contribution in [2.45, 2.75) is 43.9 Å². The van der Waals surface area contributed by atoms with Crippen LogP contribution < -0.4 is 10.5 Å². The van der Waals surface area contributed by atoms with Gasteiger partial charge in [-0.25, -0.2) is 13.1 Å². The molecule has 0 aliphatic heterocycles. The van der Waals surface area contributed by atoms with E-state index in [1.54, 1.807) is 5.38 Å². The quantitative estimate of drug-likeness (QED) is 0.838. The summed E-state index contributed by atoms with van der Waals surface area (Å²) in [5.74, 6) is 0.583. The van der Waals surface area contributed by atoms with Gasteiger partial charge in [0, 0.05) is 17.1 Å². The first-order chi connectivity index (χ1) is 7.81. The summed E-state index contributed by atoms with van der Waals surface area (Å²) in [6.07, 6.45) is 1.86. The lowest BCUT2D eigenvalue weighted by molar-refractivity contribution is 0.486. The SMILES string of the molecule is CC(C)CCC(C)NS(=O)(=O)c1cc(N)cs1. The minimum absolute atomic E-state index is 0.0503. The first-order valence-electron chi connectivity index (χ1n) is 5.67. The highest BCUT2D eigenvalue weighted by Crippen LogP contribution is 2.22. The topological polar surface area (TPSA) is 72.2 Å². The van der Waals surface area contributed by atoms with Crippen LogP contribution in [0, 0.1) is 5.92 Å². The first-order valence-corrected chi connectivity index (χ1v) is 8.04. The van der Waals surface area contributed by atoms with Crippen molar-refractivity contribution in [3.05, 3.63) is 11.4 Å². The fourth-order valence-electron chi connectivity index (χ4n) is 1.44. The van der Waals surface area contributed by atoms with Crippen molar-refractivity contribution < 1.29 is 8.42 Å². The van der Waals surface area contributed by atoms with Crippen LogP contribution in [0.4, 0.5) is 5.69 Å². The third-order valence-corrected chi connectivity index (χ3v) is 5.44. The minimum atomic E-state index is -3.40. The Hall–Kier alpha value is -0.590. The van der Waals surface area contributed by atoms with Gasteiger partial charge < -0.3 is 5.73 Å². The second kappa shape index (κ2) is 5.84. The van der Waals surface area contributed by atoms with E-state index in [0.717, 1.165) is 24.2 Å². The van der Waals surface area contributed by atoms with Crippen LogP contribution in [0.1, 0.15) is 33.6 Å². The maximum Gasteiger partial charge on any atom is 0.250 e. The van der Waals surface area contributed by atoms with Gasteiger partial charge in [-0.2, -0.15) is 0 Å². The third kappa shape index (κ3) is 4.65.